The number of hydrogen-bond acceptors (Lipinski definition) is 4. The molecular formula is C24H32N2O2S. The third-order valence-corrected chi connectivity index (χ3v) is 6.03. The number of anilines is 2. The summed E-state index contributed by atoms with van der Waals surface area (Å²) in [6.45, 7) is 12.2. The number of fused-ring (bicyclic) bond motifs is 1. The van der Waals surface area contributed by atoms with Gasteiger partial charge in [-0.25, -0.2) is 0 Å². The van der Waals surface area contributed by atoms with E-state index in [-0.39, 0.29) is 11.3 Å². The third-order valence-electron chi connectivity index (χ3n) is 5.11. The quantitative estimate of drug-likeness (QED) is 0.614. The van der Waals surface area contributed by atoms with Crippen LogP contribution in [0.5, 0.6) is 5.75 Å². The molecule has 0 fully saturated rings. The molecule has 0 unspecified atom stereocenters. The number of benzene rings is 2. The number of phenolic OH excluding ortho intramolecular Hbond substituents is 1. The first-order valence-corrected chi connectivity index (χ1v) is 11.3. The Hall–Kier alpha value is -2.14. The smallest absolute Gasteiger partial charge is 0.224 e. The van der Waals surface area contributed by atoms with Crippen molar-refractivity contribution >= 4 is 29.0 Å². The van der Waals surface area contributed by atoms with Gasteiger partial charge in [-0.2, -0.15) is 0 Å². The van der Waals surface area contributed by atoms with E-state index < -0.39 is 0 Å². The van der Waals surface area contributed by atoms with Crippen LogP contribution in [0.3, 0.4) is 0 Å². The molecule has 0 saturated carbocycles. The maximum Gasteiger partial charge on any atom is 0.224 e. The zero-order valence-electron chi connectivity index (χ0n) is 18.1. The largest absolute Gasteiger partial charge is 0.508 e. The van der Waals surface area contributed by atoms with Crippen LogP contribution in [0.2, 0.25) is 0 Å². The molecule has 1 amide bonds. The zero-order valence-corrected chi connectivity index (χ0v) is 18.9. The normalized spacial score (nSPS) is 13.9. The number of hydrogen-bond donors (Lipinski definition) is 2. The third kappa shape index (κ3) is 5.47. The van der Waals surface area contributed by atoms with Gasteiger partial charge < -0.3 is 15.3 Å². The van der Waals surface area contributed by atoms with Crippen molar-refractivity contribution < 1.29 is 9.90 Å². The molecule has 0 spiro atoms. The van der Waals surface area contributed by atoms with Crippen molar-refractivity contribution in [2.45, 2.75) is 58.9 Å². The molecule has 0 atom stereocenters. The number of rotatable bonds is 5. The highest BCUT2D eigenvalue weighted by Gasteiger charge is 2.21. The molecule has 0 saturated heterocycles. The van der Waals surface area contributed by atoms with Gasteiger partial charge in [0.15, 0.2) is 0 Å². The highest BCUT2D eigenvalue weighted by molar-refractivity contribution is 7.99. The SMILES string of the molecule is CCSc1cc(N2CCc3ccc(O)cc3C2)cc(C)c1NC(=O)CC(C)(C)C. The Morgan fingerprint density at radius 1 is 1.21 bits per heavy atom. The Bertz CT molecular complexity index is 902. The molecule has 2 aromatic rings. The lowest BCUT2D eigenvalue weighted by molar-refractivity contribution is -0.117. The highest BCUT2D eigenvalue weighted by Crippen LogP contribution is 2.37. The lowest BCUT2D eigenvalue weighted by atomic mass is 9.92. The van der Waals surface area contributed by atoms with Crippen molar-refractivity contribution in [3.63, 3.8) is 0 Å². The van der Waals surface area contributed by atoms with Crippen LogP contribution in [0.15, 0.2) is 35.2 Å². The first-order chi connectivity index (χ1) is 13.7. The number of nitrogens with one attached hydrogen (secondary N) is 1. The van der Waals surface area contributed by atoms with Gasteiger partial charge in [-0.05, 0) is 65.5 Å². The molecule has 1 aliphatic heterocycles. The Morgan fingerprint density at radius 2 is 1.97 bits per heavy atom. The minimum Gasteiger partial charge on any atom is -0.508 e. The molecule has 4 nitrogen and oxygen atoms in total. The first-order valence-electron chi connectivity index (χ1n) is 10.3. The average molecular weight is 413 g/mol. The fraction of sp³-hybridized carbons (Fsp3) is 0.458. The molecule has 0 radical (unpaired) electrons. The van der Waals surface area contributed by atoms with Crippen molar-refractivity contribution in [2.24, 2.45) is 5.41 Å². The van der Waals surface area contributed by atoms with E-state index in [2.05, 4.69) is 57.0 Å². The molecule has 156 valence electrons. The van der Waals surface area contributed by atoms with Gasteiger partial charge in [0.05, 0.1) is 5.69 Å². The number of carbonyl (C=O) groups excluding carboxylic acids is 1. The summed E-state index contributed by atoms with van der Waals surface area (Å²) in [5.41, 5.74) is 5.64. The molecule has 0 bridgehead atoms. The minimum atomic E-state index is -0.0389. The van der Waals surface area contributed by atoms with Crippen molar-refractivity contribution in [3.8, 4) is 5.75 Å². The first kappa shape index (κ1) is 21.6. The molecule has 1 aliphatic rings. The van der Waals surface area contributed by atoms with Crippen LogP contribution in [0.1, 0.15) is 50.8 Å². The number of phenols is 1. The summed E-state index contributed by atoms with van der Waals surface area (Å²) >= 11 is 1.76. The predicted molar refractivity (Wildman–Crippen MR) is 123 cm³/mol. The Kier molecular flexibility index (Phi) is 6.47. The molecule has 29 heavy (non-hydrogen) atoms. The van der Waals surface area contributed by atoms with E-state index in [1.165, 1.54) is 16.8 Å². The van der Waals surface area contributed by atoms with E-state index in [1.54, 1.807) is 17.8 Å². The molecule has 3 rings (SSSR count). The van der Waals surface area contributed by atoms with Gasteiger partial charge in [0.25, 0.3) is 0 Å². The van der Waals surface area contributed by atoms with Gasteiger partial charge in [-0.1, -0.05) is 33.8 Å². The topological polar surface area (TPSA) is 52.6 Å². The number of carbonyl (C=O) groups is 1. The summed E-state index contributed by atoms with van der Waals surface area (Å²) < 4.78 is 0. The number of amides is 1. The van der Waals surface area contributed by atoms with Crippen LogP contribution in [0.25, 0.3) is 0 Å². The Balaban J connectivity index is 1.87. The second-order valence-corrected chi connectivity index (χ2v) is 10.3. The Labute approximate surface area is 178 Å². The van der Waals surface area contributed by atoms with Crippen LogP contribution in [-0.4, -0.2) is 23.3 Å². The van der Waals surface area contributed by atoms with E-state index in [0.717, 1.165) is 41.4 Å². The van der Waals surface area contributed by atoms with Gasteiger partial charge in [0, 0.05) is 30.1 Å². The van der Waals surface area contributed by atoms with Crippen molar-refractivity contribution in [1.29, 1.82) is 0 Å². The van der Waals surface area contributed by atoms with Crippen molar-refractivity contribution in [2.75, 3.05) is 22.5 Å². The number of thioether (sulfide) groups is 1. The zero-order chi connectivity index (χ0) is 21.2. The van der Waals surface area contributed by atoms with E-state index in [4.69, 9.17) is 0 Å². The minimum absolute atomic E-state index is 0.0389. The fourth-order valence-electron chi connectivity index (χ4n) is 3.78. The van der Waals surface area contributed by atoms with Crippen LogP contribution in [0, 0.1) is 12.3 Å². The number of aryl methyl sites for hydroxylation is 1. The molecule has 2 N–H and O–H groups in total. The van der Waals surface area contributed by atoms with Gasteiger partial charge in [0.1, 0.15) is 5.75 Å². The number of nitrogens with zero attached hydrogens (tertiary/aromatic N) is 1. The van der Waals surface area contributed by atoms with Crippen LogP contribution in [-0.2, 0) is 17.8 Å². The molecule has 2 aromatic carbocycles. The van der Waals surface area contributed by atoms with Gasteiger partial charge in [0.2, 0.25) is 5.91 Å². The van der Waals surface area contributed by atoms with Crippen molar-refractivity contribution in [3.05, 3.63) is 47.0 Å². The second kappa shape index (κ2) is 8.70. The lowest BCUT2D eigenvalue weighted by Crippen LogP contribution is -2.30. The van der Waals surface area contributed by atoms with E-state index in [9.17, 15) is 9.90 Å². The summed E-state index contributed by atoms with van der Waals surface area (Å²) in [7, 11) is 0. The predicted octanol–water partition coefficient (Wildman–Crippen LogP) is 5.75. The van der Waals surface area contributed by atoms with Crippen LogP contribution < -0.4 is 10.2 Å². The molecule has 5 heteroatoms. The molecule has 1 heterocycles. The lowest BCUT2D eigenvalue weighted by Gasteiger charge is -2.32. The summed E-state index contributed by atoms with van der Waals surface area (Å²) in [5.74, 6) is 1.33. The molecule has 0 aromatic heterocycles. The Morgan fingerprint density at radius 3 is 2.66 bits per heavy atom. The highest BCUT2D eigenvalue weighted by atomic mass is 32.2. The van der Waals surface area contributed by atoms with E-state index in [1.807, 2.05) is 12.1 Å². The fourth-order valence-corrected chi connectivity index (χ4v) is 4.65. The summed E-state index contributed by atoms with van der Waals surface area (Å²) in [6, 6.07) is 10.0. The molecular weight excluding hydrogens is 380 g/mol. The summed E-state index contributed by atoms with van der Waals surface area (Å²) in [4.78, 5) is 16.0. The van der Waals surface area contributed by atoms with Gasteiger partial charge >= 0.3 is 0 Å². The van der Waals surface area contributed by atoms with Crippen molar-refractivity contribution in [1.82, 2.24) is 0 Å². The number of aromatic hydroxyl groups is 1. The summed E-state index contributed by atoms with van der Waals surface area (Å²) in [5, 5.41) is 13.0. The van der Waals surface area contributed by atoms with Crippen LogP contribution >= 0.6 is 11.8 Å². The van der Waals surface area contributed by atoms with E-state index in [0.29, 0.717) is 12.2 Å². The standard InChI is InChI=1S/C24H32N2O2S/c1-6-29-21-13-19(11-16(2)23(21)25-22(28)14-24(3,4)5)26-10-9-17-7-8-20(27)12-18(17)15-26/h7-8,11-13,27H,6,9-10,14-15H2,1-5H3,(H,25,28). The van der Waals surface area contributed by atoms with Crippen LogP contribution in [0.4, 0.5) is 11.4 Å². The maximum atomic E-state index is 12.5. The molecule has 0 aliphatic carbocycles. The van der Waals surface area contributed by atoms with Gasteiger partial charge in [-0.3, -0.25) is 4.79 Å². The maximum absolute atomic E-state index is 12.5. The second-order valence-electron chi connectivity index (χ2n) is 8.98. The van der Waals surface area contributed by atoms with E-state index >= 15 is 0 Å². The van der Waals surface area contributed by atoms with Gasteiger partial charge in [-0.15, -0.1) is 11.8 Å². The monoisotopic (exact) mass is 412 g/mol. The average Bonchev–Trinajstić information content (AvgIpc) is 2.62. The summed E-state index contributed by atoms with van der Waals surface area (Å²) in [6.07, 6.45) is 1.46.